The third-order valence-electron chi connectivity index (χ3n) is 5.09. The van der Waals surface area contributed by atoms with Crippen molar-refractivity contribution in [1.82, 2.24) is 9.80 Å². The van der Waals surface area contributed by atoms with Gasteiger partial charge in [0, 0.05) is 25.2 Å². The number of hydrogen-bond acceptors (Lipinski definition) is 4. The molecule has 2 aliphatic rings. The van der Waals surface area contributed by atoms with Crippen LogP contribution in [0, 0.1) is 0 Å². The Morgan fingerprint density at radius 1 is 1.33 bits per heavy atom. The largest absolute Gasteiger partial charge is 0.497 e. The maximum Gasteiger partial charge on any atom is 0.119 e. The number of nitrogens with two attached hydrogens (primary N) is 1. The molecule has 0 radical (unpaired) electrons. The zero-order valence-corrected chi connectivity index (χ0v) is 13.2. The number of likely N-dealkylation sites (N-methyl/N-ethyl adjacent to an activating group) is 1. The van der Waals surface area contributed by atoms with Gasteiger partial charge in [0.2, 0.25) is 0 Å². The Kier molecular flexibility index (Phi) is 4.48. The molecule has 4 nitrogen and oxygen atoms in total. The minimum atomic E-state index is 0.0960. The number of methoxy groups -OCH3 is 1. The van der Waals surface area contributed by atoms with E-state index < -0.39 is 0 Å². The van der Waals surface area contributed by atoms with E-state index in [1.165, 1.54) is 43.6 Å². The standard InChI is InChI=1S/C17H27N3O/c1-19(9-10-20-7-3-4-8-20)16-11-13-5-6-14(21-2)12-15(13)17(16)18/h5-6,12,16-17H,3-4,7-11,18H2,1-2H3. The molecule has 0 amide bonds. The van der Waals surface area contributed by atoms with E-state index in [0.29, 0.717) is 6.04 Å². The second-order valence-electron chi connectivity index (χ2n) is 6.39. The number of hydrogen-bond donors (Lipinski definition) is 1. The molecule has 1 fully saturated rings. The zero-order chi connectivity index (χ0) is 14.8. The molecule has 3 rings (SSSR count). The molecule has 0 saturated carbocycles. The van der Waals surface area contributed by atoms with Crippen LogP contribution in [0.3, 0.4) is 0 Å². The van der Waals surface area contributed by atoms with E-state index in [1.807, 2.05) is 6.07 Å². The first-order valence-corrected chi connectivity index (χ1v) is 8.04. The molecular weight excluding hydrogens is 262 g/mol. The van der Waals surface area contributed by atoms with Gasteiger partial charge in [-0.3, -0.25) is 4.90 Å². The fraction of sp³-hybridized carbons (Fsp3) is 0.647. The van der Waals surface area contributed by atoms with Gasteiger partial charge in [-0.05, 0) is 62.7 Å². The van der Waals surface area contributed by atoms with Crippen LogP contribution in [-0.4, -0.2) is 56.2 Å². The normalized spacial score (nSPS) is 25.5. The second kappa shape index (κ2) is 6.34. The molecule has 0 spiro atoms. The summed E-state index contributed by atoms with van der Waals surface area (Å²) < 4.78 is 5.32. The molecule has 1 heterocycles. The van der Waals surface area contributed by atoms with Gasteiger partial charge in [0.1, 0.15) is 5.75 Å². The van der Waals surface area contributed by atoms with Crippen molar-refractivity contribution in [2.75, 3.05) is 40.3 Å². The van der Waals surface area contributed by atoms with E-state index in [-0.39, 0.29) is 6.04 Å². The highest BCUT2D eigenvalue weighted by molar-refractivity contribution is 5.42. The van der Waals surface area contributed by atoms with Crippen LogP contribution < -0.4 is 10.5 Å². The van der Waals surface area contributed by atoms with E-state index in [0.717, 1.165) is 18.7 Å². The molecule has 1 aromatic carbocycles. The predicted octanol–water partition coefficient (Wildman–Crippen LogP) is 1.65. The summed E-state index contributed by atoms with van der Waals surface area (Å²) >= 11 is 0. The Labute approximate surface area is 127 Å². The third-order valence-corrected chi connectivity index (χ3v) is 5.09. The molecule has 1 aliphatic carbocycles. The SMILES string of the molecule is COc1ccc2c(c1)C(N)C(N(C)CCN1CCCC1)C2. The van der Waals surface area contributed by atoms with E-state index in [1.54, 1.807) is 7.11 Å². The van der Waals surface area contributed by atoms with Crippen LogP contribution >= 0.6 is 0 Å². The lowest BCUT2D eigenvalue weighted by atomic mass is 10.1. The average Bonchev–Trinajstić information content (AvgIpc) is 3.13. The first-order valence-electron chi connectivity index (χ1n) is 8.04. The smallest absolute Gasteiger partial charge is 0.119 e. The van der Waals surface area contributed by atoms with Gasteiger partial charge in [0.05, 0.1) is 7.11 Å². The van der Waals surface area contributed by atoms with Crippen molar-refractivity contribution in [1.29, 1.82) is 0 Å². The quantitative estimate of drug-likeness (QED) is 0.895. The highest BCUT2D eigenvalue weighted by Gasteiger charge is 2.32. The van der Waals surface area contributed by atoms with Crippen LogP contribution in [0.25, 0.3) is 0 Å². The second-order valence-corrected chi connectivity index (χ2v) is 6.39. The highest BCUT2D eigenvalue weighted by atomic mass is 16.5. The van der Waals surface area contributed by atoms with Crippen LogP contribution in [0.15, 0.2) is 18.2 Å². The van der Waals surface area contributed by atoms with Crippen molar-refractivity contribution in [2.24, 2.45) is 5.73 Å². The van der Waals surface area contributed by atoms with E-state index in [2.05, 4.69) is 29.0 Å². The fourth-order valence-electron chi connectivity index (χ4n) is 3.66. The number of ether oxygens (including phenoxy) is 1. The lowest BCUT2D eigenvalue weighted by molar-refractivity contribution is 0.191. The van der Waals surface area contributed by atoms with Crippen molar-refractivity contribution >= 4 is 0 Å². The van der Waals surface area contributed by atoms with Crippen molar-refractivity contribution in [3.05, 3.63) is 29.3 Å². The monoisotopic (exact) mass is 289 g/mol. The van der Waals surface area contributed by atoms with E-state index in [9.17, 15) is 0 Å². The summed E-state index contributed by atoms with van der Waals surface area (Å²) in [5, 5.41) is 0. The first-order chi connectivity index (χ1) is 10.2. The molecule has 1 aliphatic heterocycles. The van der Waals surface area contributed by atoms with Crippen LogP contribution in [0.4, 0.5) is 0 Å². The van der Waals surface area contributed by atoms with Crippen molar-refractivity contribution < 1.29 is 4.74 Å². The lowest BCUT2D eigenvalue weighted by Crippen LogP contribution is -2.42. The highest BCUT2D eigenvalue weighted by Crippen LogP contribution is 2.34. The molecule has 4 heteroatoms. The van der Waals surface area contributed by atoms with Crippen molar-refractivity contribution in [2.45, 2.75) is 31.3 Å². The number of fused-ring (bicyclic) bond motifs is 1. The fourth-order valence-corrected chi connectivity index (χ4v) is 3.66. The Morgan fingerprint density at radius 3 is 2.81 bits per heavy atom. The summed E-state index contributed by atoms with van der Waals surface area (Å²) in [5.74, 6) is 0.907. The minimum absolute atomic E-state index is 0.0960. The average molecular weight is 289 g/mol. The summed E-state index contributed by atoms with van der Waals surface area (Å²) in [6, 6.07) is 6.82. The van der Waals surface area contributed by atoms with Gasteiger partial charge in [0.15, 0.2) is 0 Å². The topological polar surface area (TPSA) is 41.7 Å². The van der Waals surface area contributed by atoms with Gasteiger partial charge in [-0.25, -0.2) is 0 Å². The maximum atomic E-state index is 6.49. The summed E-state index contributed by atoms with van der Waals surface area (Å²) in [6.07, 6.45) is 3.77. The maximum absolute atomic E-state index is 6.49. The summed E-state index contributed by atoms with van der Waals surface area (Å²) in [6.45, 7) is 4.80. The van der Waals surface area contributed by atoms with Gasteiger partial charge < -0.3 is 15.4 Å². The predicted molar refractivity (Wildman–Crippen MR) is 85.7 cm³/mol. The minimum Gasteiger partial charge on any atom is -0.497 e. The number of rotatable bonds is 5. The number of benzene rings is 1. The molecule has 1 saturated heterocycles. The van der Waals surface area contributed by atoms with Gasteiger partial charge in [-0.2, -0.15) is 0 Å². The Morgan fingerprint density at radius 2 is 2.10 bits per heavy atom. The van der Waals surface area contributed by atoms with Crippen LogP contribution in [0.2, 0.25) is 0 Å². The molecule has 0 bridgehead atoms. The first kappa shape index (κ1) is 14.8. The molecule has 21 heavy (non-hydrogen) atoms. The molecule has 0 aromatic heterocycles. The van der Waals surface area contributed by atoms with Gasteiger partial charge in [-0.1, -0.05) is 6.07 Å². The molecule has 2 atom stereocenters. The van der Waals surface area contributed by atoms with Crippen molar-refractivity contribution in [3.8, 4) is 5.75 Å². The van der Waals surface area contributed by atoms with E-state index in [4.69, 9.17) is 10.5 Å². The Bertz CT molecular complexity index is 485. The molecule has 116 valence electrons. The zero-order valence-electron chi connectivity index (χ0n) is 13.2. The summed E-state index contributed by atoms with van der Waals surface area (Å²) in [4.78, 5) is 5.00. The molecule has 1 aromatic rings. The summed E-state index contributed by atoms with van der Waals surface area (Å²) in [5.41, 5.74) is 9.12. The molecule has 2 unspecified atom stereocenters. The number of likely N-dealkylation sites (tertiary alicyclic amines) is 1. The number of nitrogens with zero attached hydrogens (tertiary/aromatic N) is 2. The Balaban J connectivity index is 1.61. The van der Waals surface area contributed by atoms with Crippen molar-refractivity contribution in [3.63, 3.8) is 0 Å². The van der Waals surface area contributed by atoms with E-state index >= 15 is 0 Å². The lowest BCUT2D eigenvalue weighted by Gasteiger charge is -2.29. The van der Waals surface area contributed by atoms with Gasteiger partial charge >= 0.3 is 0 Å². The van der Waals surface area contributed by atoms with Gasteiger partial charge in [0.25, 0.3) is 0 Å². The Hall–Kier alpha value is -1.10. The van der Waals surface area contributed by atoms with Crippen LogP contribution in [0.5, 0.6) is 5.75 Å². The van der Waals surface area contributed by atoms with Gasteiger partial charge in [-0.15, -0.1) is 0 Å². The van der Waals surface area contributed by atoms with Crippen LogP contribution in [-0.2, 0) is 6.42 Å². The van der Waals surface area contributed by atoms with Crippen LogP contribution in [0.1, 0.15) is 30.0 Å². The third kappa shape index (κ3) is 3.07. The molecular formula is C17H27N3O. The molecule has 2 N–H and O–H groups in total. The summed E-state index contributed by atoms with van der Waals surface area (Å²) in [7, 11) is 3.92.